The molecule has 0 unspecified atom stereocenters. The molecule has 2 heterocycles. The van der Waals surface area contributed by atoms with Gasteiger partial charge in [0, 0.05) is 39.4 Å². The summed E-state index contributed by atoms with van der Waals surface area (Å²) in [6.07, 6.45) is 6.97. The Kier molecular flexibility index (Phi) is 7.38. The number of rotatable bonds is 6. The summed E-state index contributed by atoms with van der Waals surface area (Å²) in [5.74, 6) is 1.04. The molecule has 1 aliphatic heterocycles. The second kappa shape index (κ2) is 10.8. The van der Waals surface area contributed by atoms with E-state index in [9.17, 15) is 4.79 Å². The third-order valence-electron chi connectivity index (χ3n) is 6.04. The van der Waals surface area contributed by atoms with Crippen LogP contribution in [0.4, 0.5) is 10.6 Å². The number of hydrogen-bond donors (Lipinski definition) is 1. The molecule has 32 heavy (non-hydrogen) atoms. The average molecular weight is 429 g/mol. The Hall–Kier alpha value is -3.34. The molecule has 5 nitrogen and oxygen atoms in total. The van der Waals surface area contributed by atoms with Gasteiger partial charge < -0.3 is 15.1 Å². The van der Waals surface area contributed by atoms with E-state index in [0.29, 0.717) is 13.1 Å². The number of nitrogens with zero attached hydrogens (tertiary/aromatic N) is 3. The van der Waals surface area contributed by atoms with Crippen LogP contribution in [0.3, 0.4) is 0 Å². The predicted molar refractivity (Wildman–Crippen MR) is 130 cm³/mol. The summed E-state index contributed by atoms with van der Waals surface area (Å²) in [7, 11) is 1.83. The standard InChI is InChI=1S/C27H32N4O/c1-30(21-24-13-7-8-14-25(24)23-11-5-4-6-12-23)27(32)29-20-22-15-16-26(28-19-22)31-17-9-2-3-10-18-31/h4-8,11-16,19H,2-3,9-10,17-18,20-21H2,1H3,(H,29,32). The van der Waals surface area contributed by atoms with Gasteiger partial charge in [-0.25, -0.2) is 9.78 Å². The molecule has 1 N–H and O–H groups in total. The average Bonchev–Trinajstić information content (AvgIpc) is 3.13. The molecule has 0 atom stereocenters. The fraction of sp³-hybridized carbons (Fsp3) is 0.333. The number of carbonyl (C=O) groups is 1. The summed E-state index contributed by atoms with van der Waals surface area (Å²) < 4.78 is 0. The first-order chi connectivity index (χ1) is 15.7. The lowest BCUT2D eigenvalue weighted by Crippen LogP contribution is -2.36. The molecule has 1 fully saturated rings. The number of nitrogens with one attached hydrogen (secondary N) is 1. The van der Waals surface area contributed by atoms with Gasteiger partial charge in [0.2, 0.25) is 0 Å². The van der Waals surface area contributed by atoms with E-state index in [1.54, 1.807) is 4.90 Å². The number of carbonyl (C=O) groups excluding carboxylic acids is 1. The molecule has 0 aliphatic carbocycles. The highest BCUT2D eigenvalue weighted by molar-refractivity contribution is 5.75. The Morgan fingerprint density at radius 1 is 0.938 bits per heavy atom. The van der Waals surface area contributed by atoms with Crippen molar-refractivity contribution in [2.24, 2.45) is 0 Å². The van der Waals surface area contributed by atoms with Gasteiger partial charge >= 0.3 is 6.03 Å². The second-order valence-corrected chi connectivity index (χ2v) is 8.46. The van der Waals surface area contributed by atoms with E-state index >= 15 is 0 Å². The molecule has 1 aromatic heterocycles. The summed E-state index contributed by atoms with van der Waals surface area (Å²) in [6, 6.07) is 22.6. The van der Waals surface area contributed by atoms with Crippen molar-refractivity contribution in [3.63, 3.8) is 0 Å². The van der Waals surface area contributed by atoms with Crippen LogP contribution in [0.25, 0.3) is 11.1 Å². The lowest BCUT2D eigenvalue weighted by Gasteiger charge is -2.22. The van der Waals surface area contributed by atoms with Gasteiger partial charge in [-0.1, -0.05) is 73.5 Å². The number of hydrogen-bond acceptors (Lipinski definition) is 3. The fourth-order valence-electron chi connectivity index (χ4n) is 4.21. The second-order valence-electron chi connectivity index (χ2n) is 8.46. The molecule has 2 amide bonds. The number of anilines is 1. The van der Waals surface area contributed by atoms with Crippen LogP contribution in [0.2, 0.25) is 0 Å². The Morgan fingerprint density at radius 3 is 2.38 bits per heavy atom. The molecule has 0 bridgehead atoms. The van der Waals surface area contributed by atoms with Crippen LogP contribution in [0.1, 0.15) is 36.8 Å². The van der Waals surface area contributed by atoms with Crippen molar-refractivity contribution in [2.45, 2.75) is 38.8 Å². The van der Waals surface area contributed by atoms with Gasteiger partial charge in [0.25, 0.3) is 0 Å². The van der Waals surface area contributed by atoms with Crippen molar-refractivity contribution in [3.05, 3.63) is 84.1 Å². The largest absolute Gasteiger partial charge is 0.357 e. The Bertz CT molecular complexity index is 996. The van der Waals surface area contributed by atoms with E-state index in [4.69, 9.17) is 0 Å². The van der Waals surface area contributed by atoms with Gasteiger partial charge in [-0.2, -0.15) is 0 Å². The number of urea groups is 1. The fourth-order valence-corrected chi connectivity index (χ4v) is 4.21. The number of benzene rings is 2. The summed E-state index contributed by atoms with van der Waals surface area (Å²) in [4.78, 5) is 21.4. The predicted octanol–water partition coefficient (Wildman–Crippen LogP) is 5.47. The maximum absolute atomic E-state index is 12.7. The first kappa shape index (κ1) is 21.9. The van der Waals surface area contributed by atoms with E-state index in [1.165, 1.54) is 25.7 Å². The molecule has 1 saturated heterocycles. The van der Waals surface area contributed by atoms with Crippen molar-refractivity contribution in [1.82, 2.24) is 15.2 Å². The number of amides is 2. The van der Waals surface area contributed by atoms with Crippen LogP contribution in [0.15, 0.2) is 72.9 Å². The third-order valence-corrected chi connectivity index (χ3v) is 6.04. The van der Waals surface area contributed by atoms with Crippen LogP contribution >= 0.6 is 0 Å². The van der Waals surface area contributed by atoms with E-state index in [0.717, 1.165) is 41.2 Å². The quantitative estimate of drug-likeness (QED) is 0.566. The van der Waals surface area contributed by atoms with Crippen molar-refractivity contribution in [3.8, 4) is 11.1 Å². The molecule has 0 saturated carbocycles. The summed E-state index contributed by atoms with van der Waals surface area (Å²) >= 11 is 0. The van der Waals surface area contributed by atoms with Gasteiger partial charge in [0.1, 0.15) is 5.82 Å². The van der Waals surface area contributed by atoms with E-state index in [-0.39, 0.29) is 6.03 Å². The summed E-state index contributed by atoms with van der Waals surface area (Å²) in [5.41, 5.74) is 4.45. The molecular weight excluding hydrogens is 396 g/mol. The maximum atomic E-state index is 12.7. The zero-order valence-electron chi connectivity index (χ0n) is 18.8. The maximum Gasteiger partial charge on any atom is 0.317 e. The molecule has 2 aromatic carbocycles. The molecular formula is C27H32N4O. The number of aromatic nitrogens is 1. The highest BCUT2D eigenvalue weighted by Crippen LogP contribution is 2.24. The van der Waals surface area contributed by atoms with Crippen molar-refractivity contribution < 1.29 is 4.79 Å². The highest BCUT2D eigenvalue weighted by atomic mass is 16.2. The zero-order chi connectivity index (χ0) is 22.2. The lowest BCUT2D eigenvalue weighted by atomic mass is 9.99. The first-order valence-electron chi connectivity index (χ1n) is 11.5. The van der Waals surface area contributed by atoms with Crippen LogP contribution < -0.4 is 10.2 Å². The Morgan fingerprint density at radius 2 is 1.66 bits per heavy atom. The van der Waals surface area contributed by atoms with E-state index < -0.39 is 0 Å². The van der Waals surface area contributed by atoms with Crippen LogP contribution in [0.5, 0.6) is 0 Å². The summed E-state index contributed by atoms with van der Waals surface area (Å²) in [6.45, 7) is 3.18. The van der Waals surface area contributed by atoms with Crippen molar-refractivity contribution in [1.29, 1.82) is 0 Å². The van der Waals surface area contributed by atoms with Gasteiger partial charge in [0.15, 0.2) is 0 Å². The van der Waals surface area contributed by atoms with Gasteiger partial charge in [-0.3, -0.25) is 0 Å². The molecule has 5 heteroatoms. The Labute approximate surface area is 191 Å². The molecule has 0 radical (unpaired) electrons. The van der Waals surface area contributed by atoms with Crippen LogP contribution in [0, 0.1) is 0 Å². The van der Waals surface area contributed by atoms with Gasteiger partial charge in [0.05, 0.1) is 0 Å². The van der Waals surface area contributed by atoms with Crippen molar-refractivity contribution >= 4 is 11.8 Å². The zero-order valence-corrected chi connectivity index (χ0v) is 18.8. The van der Waals surface area contributed by atoms with Crippen molar-refractivity contribution in [2.75, 3.05) is 25.0 Å². The molecule has 3 aromatic rings. The van der Waals surface area contributed by atoms with E-state index in [1.807, 2.05) is 43.6 Å². The molecule has 0 spiro atoms. The van der Waals surface area contributed by atoms with Crippen LogP contribution in [-0.2, 0) is 13.1 Å². The normalized spacial score (nSPS) is 14.0. The minimum absolute atomic E-state index is 0.0931. The van der Waals surface area contributed by atoms with E-state index in [2.05, 4.69) is 51.6 Å². The highest BCUT2D eigenvalue weighted by Gasteiger charge is 2.13. The lowest BCUT2D eigenvalue weighted by molar-refractivity contribution is 0.206. The van der Waals surface area contributed by atoms with Gasteiger partial charge in [-0.05, 0) is 41.2 Å². The SMILES string of the molecule is CN(Cc1ccccc1-c1ccccc1)C(=O)NCc1ccc(N2CCCCCC2)nc1. The minimum atomic E-state index is -0.0931. The topological polar surface area (TPSA) is 48.5 Å². The summed E-state index contributed by atoms with van der Waals surface area (Å²) in [5, 5.41) is 3.02. The number of pyridine rings is 1. The monoisotopic (exact) mass is 428 g/mol. The molecule has 1 aliphatic rings. The first-order valence-corrected chi connectivity index (χ1v) is 11.5. The Balaban J connectivity index is 1.33. The third kappa shape index (κ3) is 5.67. The van der Waals surface area contributed by atoms with Gasteiger partial charge in [-0.15, -0.1) is 0 Å². The molecule has 4 rings (SSSR count). The molecule has 166 valence electrons. The smallest absolute Gasteiger partial charge is 0.317 e. The van der Waals surface area contributed by atoms with Crippen LogP contribution in [-0.4, -0.2) is 36.1 Å². The minimum Gasteiger partial charge on any atom is -0.357 e.